The topological polar surface area (TPSA) is 83.7 Å². The van der Waals surface area contributed by atoms with E-state index in [0.717, 1.165) is 11.0 Å². The number of amides is 2. The van der Waals surface area contributed by atoms with Crippen LogP contribution in [0.25, 0.3) is 11.0 Å². The molecular formula is C12H11N3O3. The lowest BCUT2D eigenvalue weighted by Gasteiger charge is -2.02. The number of urea groups is 1. The van der Waals surface area contributed by atoms with E-state index in [2.05, 4.69) is 15.6 Å². The molecule has 0 saturated heterocycles. The lowest BCUT2D eigenvalue weighted by molar-refractivity contribution is 0.240. The first-order valence-electron chi connectivity index (χ1n) is 5.32. The molecule has 2 rings (SSSR count). The molecule has 2 N–H and O–H groups in total. The Balaban J connectivity index is 1.89. The molecule has 6 nitrogen and oxygen atoms in total. The lowest BCUT2D eigenvalue weighted by Crippen LogP contribution is -2.34. The zero-order chi connectivity index (χ0) is 12.8. The van der Waals surface area contributed by atoms with Crippen LogP contribution in [-0.4, -0.2) is 18.8 Å². The van der Waals surface area contributed by atoms with E-state index >= 15 is 0 Å². The van der Waals surface area contributed by atoms with Crippen molar-refractivity contribution < 1.29 is 14.0 Å². The Morgan fingerprint density at radius 3 is 2.94 bits per heavy atom. The van der Waals surface area contributed by atoms with E-state index in [1.54, 1.807) is 0 Å². The van der Waals surface area contributed by atoms with Crippen molar-refractivity contribution in [2.24, 2.45) is 4.99 Å². The molecule has 6 heteroatoms. The van der Waals surface area contributed by atoms with E-state index < -0.39 is 6.03 Å². The van der Waals surface area contributed by atoms with Gasteiger partial charge in [-0.05, 0) is 12.1 Å². The van der Waals surface area contributed by atoms with Crippen molar-refractivity contribution in [3.05, 3.63) is 36.1 Å². The van der Waals surface area contributed by atoms with Gasteiger partial charge in [0.15, 0.2) is 0 Å². The third kappa shape index (κ3) is 2.96. The normalized spacial score (nSPS) is 9.78. The summed E-state index contributed by atoms with van der Waals surface area (Å²) in [5, 5.41) is 5.94. The van der Waals surface area contributed by atoms with E-state index in [1.165, 1.54) is 6.08 Å². The number of carbonyl (C=O) groups excluding carboxylic acids is 2. The predicted molar refractivity (Wildman–Crippen MR) is 64.6 cm³/mol. The number of carbonyl (C=O) groups is 1. The van der Waals surface area contributed by atoms with Gasteiger partial charge >= 0.3 is 6.03 Å². The quantitative estimate of drug-likeness (QED) is 0.632. The number of benzene rings is 1. The van der Waals surface area contributed by atoms with Gasteiger partial charge in [-0.15, -0.1) is 0 Å². The molecule has 1 heterocycles. The van der Waals surface area contributed by atoms with E-state index in [1.807, 2.05) is 30.3 Å². The summed E-state index contributed by atoms with van der Waals surface area (Å²) in [7, 11) is 0. The molecule has 0 saturated carbocycles. The van der Waals surface area contributed by atoms with Gasteiger partial charge in [-0.2, -0.15) is 4.99 Å². The van der Waals surface area contributed by atoms with E-state index in [0.29, 0.717) is 5.76 Å². The number of fused-ring (bicyclic) bond motifs is 1. The highest BCUT2D eigenvalue weighted by molar-refractivity contribution is 5.78. The van der Waals surface area contributed by atoms with Gasteiger partial charge in [-0.25, -0.2) is 9.59 Å². The number of isocyanates is 1. The van der Waals surface area contributed by atoms with Crippen LogP contribution in [0.1, 0.15) is 5.76 Å². The van der Waals surface area contributed by atoms with E-state index in [9.17, 15) is 9.59 Å². The summed E-state index contributed by atoms with van der Waals surface area (Å²) < 4.78 is 5.52. The van der Waals surface area contributed by atoms with Gasteiger partial charge in [0.05, 0.1) is 6.54 Å². The minimum Gasteiger partial charge on any atom is -0.459 e. The number of para-hydroxylation sites is 1. The van der Waals surface area contributed by atoms with Crippen LogP contribution in [0.3, 0.4) is 0 Å². The molecule has 0 atom stereocenters. The number of rotatable bonds is 4. The molecule has 18 heavy (non-hydrogen) atoms. The molecule has 0 aliphatic rings. The molecule has 0 bridgehead atoms. The van der Waals surface area contributed by atoms with Crippen molar-refractivity contribution in [1.29, 1.82) is 0 Å². The van der Waals surface area contributed by atoms with Crippen LogP contribution in [0.15, 0.2) is 39.7 Å². The van der Waals surface area contributed by atoms with Gasteiger partial charge in [0, 0.05) is 5.39 Å². The van der Waals surface area contributed by atoms with Crippen molar-refractivity contribution in [2.75, 3.05) is 6.67 Å². The molecule has 0 fully saturated rings. The van der Waals surface area contributed by atoms with E-state index in [4.69, 9.17) is 4.42 Å². The molecular weight excluding hydrogens is 234 g/mol. The first kappa shape index (κ1) is 11.9. The number of aliphatic imine (C=N–C) groups is 1. The number of nitrogens with one attached hydrogen (secondary N) is 2. The fourth-order valence-electron chi connectivity index (χ4n) is 1.50. The van der Waals surface area contributed by atoms with Gasteiger partial charge in [0.1, 0.15) is 18.0 Å². The average molecular weight is 245 g/mol. The van der Waals surface area contributed by atoms with Gasteiger partial charge in [-0.1, -0.05) is 18.2 Å². The second-order valence-electron chi connectivity index (χ2n) is 3.52. The first-order valence-corrected chi connectivity index (χ1v) is 5.32. The summed E-state index contributed by atoms with van der Waals surface area (Å²) in [5.74, 6) is 0.658. The summed E-state index contributed by atoms with van der Waals surface area (Å²) in [5.41, 5.74) is 0.778. The second kappa shape index (κ2) is 5.65. The minimum atomic E-state index is -0.422. The van der Waals surface area contributed by atoms with Crippen LogP contribution in [0.5, 0.6) is 0 Å². The summed E-state index contributed by atoms with van der Waals surface area (Å²) >= 11 is 0. The number of hydrogen-bond donors (Lipinski definition) is 2. The van der Waals surface area contributed by atoms with Gasteiger partial charge in [-0.3, -0.25) is 0 Å². The van der Waals surface area contributed by atoms with Gasteiger partial charge < -0.3 is 15.1 Å². The monoisotopic (exact) mass is 245 g/mol. The van der Waals surface area contributed by atoms with Crippen molar-refractivity contribution in [2.45, 2.75) is 6.54 Å². The first-order chi connectivity index (χ1) is 8.79. The average Bonchev–Trinajstić information content (AvgIpc) is 2.79. The Labute approximate surface area is 103 Å². The fraction of sp³-hybridized carbons (Fsp3) is 0.167. The van der Waals surface area contributed by atoms with Gasteiger partial charge in [0.25, 0.3) is 0 Å². The standard InChI is InChI=1S/C12H11N3O3/c16-8-13-7-15-12(17)14-6-10-5-9-3-1-2-4-11(9)18-10/h1-5H,6-7H2,(H2,14,15,17). The summed E-state index contributed by atoms with van der Waals surface area (Å²) in [4.78, 5) is 24.2. The zero-order valence-corrected chi connectivity index (χ0v) is 9.47. The summed E-state index contributed by atoms with van der Waals surface area (Å²) in [6.07, 6.45) is 1.33. The molecule has 1 aromatic carbocycles. The molecule has 0 unspecified atom stereocenters. The summed E-state index contributed by atoms with van der Waals surface area (Å²) in [6.45, 7) is 0.181. The number of hydrogen-bond acceptors (Lipinski definition) is 4. The molecule has 0 aliphatic carbocycles. The minimum absolute atomic E-state index is 0.0878. The van der Waals surface area contributed by atoms with Crippen molar-refractivity contribution in [1.82, 2.24) is 10.6 Å². The third-order valence-electron chi connectivity index (χ3n) is 2.28. The predicted octanol–water partition coefficient (Wildman–Crippen LogP) is 1.53. The largest absolute Gasteiger partial charge is 0.459 e. The molecule has 2 amide bonds. The van der Waals surface area contributed by atoms with Crippen molar-refractivity contribution in [3.8, 4) is 0 Å². The second-order valence-corrected chi connectivity index (χ2v) is 3.52. The van der Waals surface area contributed by atoms with Crippen LogP contribution in [0.2, 0.25) is 0 Å². The maximum atomic E-state index is 11.3. The summed E-state index contributed by atoms with van der Waals surface area (Å²) in [6, 6.07) is 9.03. The number of furan rings is 1. The zero-order valence-electron chi connectivity index (χ0n) is 9.47. The molecule has 0 radical (unpaired) electrons. The van der Waals surface area contributed by atoms with Crippen molar-refractivity contribution >= 4 is 23.1 Å². The Morgan fingerprint density at radius 2 is 2.17 bits per heavy atom. The number of nitrogens with zero attached hydrogens (tertiary/aromatic N) is 1. The highest BCUT2D eigenvalue weighted by Gasteiger charge is 2.04. The Kier molecular flexibility index (Phi) is 3.73. The molecule has 2 aromatic rings. The Bertz CT molecular complexity index is 566. The van der Waals surface area contributed by atoms with Gasteiger partial charge in [0.2, 0.25) is 6.08 Å². The smallest absolute Gasteiger partial charge is 0.316 e. The molecule has 0 spiro atoms. The lowest BCUT2D eigenvalue weighted by atomic mass is 10.2. The highest BCUT2D eigenvalue weighted by Crippen LogP contribution is 2.18. The Morgan fingerprint density at radius 1 is 1.33 bits per heavy atom. The van der Waals surface area contributed by atoms with E-state index in [-0.39, 0.29) is 13.2 Å². The van der Waals surface area contributed by atoms with Crippen molar-refractivity contribution in [3.63, 3.8) is 0 Å². The molecule has 0 aliphatic heterocycles. The van der Waals surface area contributed by atoms with Crippen LogP contribution in [0.4, 0.5) is 4.79 Å². The van der Waals surface area contributed by atoms with Crippen LogP contribution >= 0.6 is 0 Å². The van der Waals surface area contributed by atoms with Crippen LogP contribution in [0, 0.1) is 0 Å². The molecule has 1 aromatic heterocycles. The highest BCUT2D eigenvalue weighted by atomic mass is 16.3. The van der Waals surface area contributed by atoms with Crippen LogP contribution < -0.4 is 10.6 Å². The maximum absolute atomic E-state index is 11.3. The third-order valence-corrected chi connectivity index (χ3v) is 2.28. The van der Waals surface area contributed by atoms with Crippen LogP contribution in [-0.2, 0) is 11.3 Å². The molecule has 92 valence electrons. The SMILES string of the molecule is O=C=NCNC(=O)NCc1cc2ccccc2o1. The fourth-order valence-corrected chi connectivity index (χ4v) is 1.50. The maximum Gasteiger partial charge on any atom is 0.316 e. The Hall–Kier alpha value is -2.59.